The molecule has 1 saturated heterocycles. The highest BCUT2D eigenvalue weighted by atomic mass is 32.2. The van der Waals surface area contributed by atoms with Crippen LogP contribution in [-0.4, -0.2) is 62.4 Å². The SMILES string of the molecule is O=C(COC(=O)c1cccc([N+](=O)[O-])c1)Nc1cccc(S(=O)(=O)N2CCOCC2)c1. The molecular formula is C19H19N3O8S. The lowest BCUT2D eigenvalue weighted by molar-refractivity contribution is -0.384. The average Bonchev–Trinajstić information content (AvgIpc) is 2.78. The van der Waals surface area contributed by atoms with Gasteiger partial charge in [0.2, 0.25) is 10.0 Å². The fourth-order valence-corrected chi connectivity index (χ4v) is 4.28. The van der Waals surface area contributed by atoms with Crippen molar-refractivity contribution in [2.24, 2.45) is 0 Å². The molecule has 31 heavy (non-hydrogen) atoms. The molecule has 0 aliphatic carbocycles. The highest BCUT2D eigenvalue weighted by Crippen LogP contribution is 2.20. The number of anilines is 1. The van der Waals surface area contributed by atoms with Crippen LogP contribution in [0, 0.1) is 10.1 Å². The molecule has 11 nitrogen and oxygen atoms in total. The summed E-state index contributed by atoms with van der Waals surface area (Å²) in [6.07, 6.45) is 0. The third-order valence-corrected chi connectivity index (χ3v) is 6.25. The summed E-state index contributed by atoms with van der Waals surface area (Å²) in [5.41, 5.74) is -0.136. The third kappa shape index (κ3) is 5.63. The van der Waals surface area contributed by atoms with Crippen molar-refractivity contribution in [1.82, 2.24) is 4.31 Å². The molecule has 0 radical (unpaired) electrons. The van der Waals surface area contributed by atoms with Crippen LogP contribution in [0.2, 0.25) is 0 Å². The Morgan fingerprint density at radius 2 is 1.84 bits per heavy atom. The molecule has 1 fully saturated rings. The smallest absolute Gasteiger partial charge is 0.338 e. The van der Waals surface area contributed by atoms with Gasteiger partial charge in [0.25, 0.3) is 11.6 Å². The Morgan fingerprint density at radius 3 is 2.55 bits per heavy atom. The average molecular weight is 449 g/mol. The Balaban J connectivity index is 1.61. The molecule has 0 unspecified atom stereocenters. The van der Waals surface area contributed by atoms with Crippen LogP contribution in [-0.2, 0) is 24.3 Å². The van der Waals surface area contributed by atoms with Crippen molar-refractivity contribution in [3.63, 3.8) is 0 Å². The minimum Gasteiger partial charge on any atom is -0.452 e. The van der Waals surface area contributed by atoms with E-state index in [1.807, 2.05) is 0 Å². The number of nitro benzene ring substituents is 1. The zero-order valence-electron chi connectivity index (χ0n) is 16.2. The van der Waals surface area contributed by atoms with E-state index in [1.54, 1.807) is 0 Å². The van der Waals surface area contributed by atoms with Crippen molar-refractivity contribution in [2.45, 2.75) is 4.90 Å². The van der Waals surface area contributed by atoms with Gasteiger partial charge in [0.15, 0.2) is 6.61 Å². The summed E-state index contributed by atoms with van der Waals surface area (Å²) in [4.78, 5) is 34.3. The Hall–Kier alpha value is -3.35. The molecule has 1 heterocycles. The van der Waals surface area contributed by atoms with Crippen molar-refractivity contribution >= 4 is 33.3 Å². The molecule has 0 spiro atoms. The van der Waals surface area contributed by atoms with Crippen molar-refractivity contribution in [1.29, 1.82) is 0 Å². The molecule has 2 aromatic carbocycles. The first-order chi connectivity index (χ1) is 14.8. The number of ether oxygens (including phenoxy) is 2. The number of benzene rings is 2. The molecule has 0 bridgehead atoms. The molecule has 1 N–H and O–H groups in total. The predicted molar refractivity (Wildman–Crippen MR) is 108 cm³/mol. The molecule has 164 valence electrons. The summed E-state index contributed by atoms with van der Waals surface area (Å²) in [5, 5.41) is 13.2. The van der Waals surface area contributed by atoms with Gasteiger partial charge < -0.3 is 14.8 Å². The minimum atomic E-state index is -3.73. The molecule has 1 aliphatic rings. The van der Waals surface area contributed by atoms with Crippen molar-refractivity contribution in [3.8, 4) is 0 Å². The number of carbonyl (C=O) groups is 2. The minimum absolute atomic E-state index is 0.0146. The van der Waals surface area contributed by atoms with Gasteiger partial charge in [-0.05, 0) is 24.3 Å². The number of morpholine rings is 1. The summed E-state index contributed by atoms with van der Waals surface area (Å²) in [6.45, 7) is 0.457. The second-order valence-electron chi connectivity index (χ2n) is 6.48. The second kappa shape index (κ2) is 9.64. The van der Waals surface area contributed by atoms with Crippen LogP contribution in [0.4, 0.5) is 11.4 Å². The van der Waals surface area contributed by atoms with E-state index in [4.69, 9.17) is 9.47 Å². The summed E-state index contributed by atoms with van der Waals surface area (Å²) >= 11 is 0. The van der Waals surface area contributed by atoms with Gasteiger partial charge in [-0.15, -0.1) is 0 Å². The largest absolute Gasteiger partial charge is 0.452 e. The highest BCUT2D eigenvalue weighted by molar-refractivity contribution is 7.89. The number of nitrogens with one attached hydrogen (secondary N) is 1. The number of rotatable bonds is 7. The lowest BCUT2D eigenvalue weighted by Crippen LogP contribution is -2.40. The van der Waals surface area contributed by atoms with Gasteiger partial charge in [-0.3, -0.25) is 14.9 Å². The van der Waals surface area contributed by atoms with Crippen molar-refractivity contribution < 1.29 is 32.4 Å². The molecular weight excluding hydrogens is 430 g/mol. The van der Waals surface area contributed by atoms with Gasteiger partial charge in [0.05, 0.1) is 28.6 Å². The molecule has 0 aromatic heterocycles. The number of hydrogen-bond acceptors (Lipinski definition) is 8. The molecule has 0 saturated carbocycles. The van der Waals surface area contributed by atoms with E-state index in [0.717, 1.165) is 6.07 Å². The number of nitrogens with zero attached hydrogens (tertiary/aromatic N) is 2. The van der Waals surface area contributed by atoms with E-state index < -0.39 is 33.4 Å². The van der Waals surface area contributed by atoms with Crippen LogP contribution in [0.3, 0.4) is 0 Å². The van der Waals surface area contributed by atoms with Crippen molar-refractivity contribution in [2.75, 3.05) is 38.2 Å². The summed E-state index contributed by atoms with van der Waals surface area (Å²) in [5.74, 6) is -1.60. The number of hydrogen-bond donors (Lipinski definition) is 1. The van der Waals surface area contributed by atoms with E-state index in [-0.39, 0.29) is 34.9 Å². The topological polar surface area (TPSA) is 145 Å². The summed E-state index contributed by atoms with van der Waals surface area (Å²) < 4.78 is 36.8. The van der Waals surface area contributed by atoms with Crippen molar-refractivity contribution in [3.05, 3.63) is 64.2 Å². The van der Waals surface area contributed by atoms with E-state index in [1.165, 1.54) is 46.8 Å². The Labute approximate surface area is 177 Å². The number of esters is 1. The van der Waals surface area contributed by atoms with Crippen LogP contribution in [0.1, 0.15) is 10.4 Å². The maximum absolute atomic E-state index is 12.7. The van der Waals surface area contributed by atoms with Crippen LogP contribution in [0.15, 0.2) is 53.4 Å². The first-order valence-electron chi connectivity index (χ1n) is 9.17. The van der Waals surface area contributed by atoms with E-state index in [9.17, 15) is 28.1 Å². The molecule has 12 heteroatoms. The lowest BCUT2D eigenvalue weighted by atomic mass is 10.2. The zero-order valence-corrected chi connectivity index (χ0v) is 17.0. The van der Waals surface area contributed by atoms with Crippen LogP contribution < -0.4 is 5.32 Å². The summed E-state index contributed by atoms with van der Waals surface area (Å²) in [7, 11) is -3.73. The highest BCUT2D eigenvalue weighted by Gasteiger charge is 2.26. The Kier molecular flexibility index (Phi) is 6.95. The molecule has 0 atom stereocenters. The number of sulfonamides is 1. The standard InChI is InChI=1S/C19H19N3O8S/c23-18(13-30-19(24)14-3-1-5-16(11-14)22(25)26)20-15-4-2-6-17(12-15)31(27,28)21-7-9-29-10-8-21/h1-6,11-12H,7-10,13H2,(H,20,23). The maximum Gasteiger partial charge on any atom is 0.338 e. The predicted octanol–water partition coefficient (Wildman–Crippen LogP) is 1.41. The fraction of sp³-hybridized carbons (Fsp3) is 0.263. The van der Waals surface area contributed by atoms with E-state index in [0.29, 0.717) is 13.2 Å². The first-order valence-corrected chi connectivity index (χ1v) is 10.6. The number of non-ortho nitro benzene ring substituents is 1. The molecule has 2 aromatic rings. The van der Waals surface area contributed by atoms with Crippen LogP contribution in [0.25, 0.3) is 0 Å². The second-order valence-corrected chi connectivity index (χ2v) is 8.41. The zero-order chi connectivity index (χ0) is 22.4. The monoisotopic (exact) mass is 449 g/mol. The summed E-state index contributed by atoms with van der Waals surface area (Å²) in [6, 6.07) is 10.6. The van der Waals surface area contributed by atoms with Gasteiger partial charge in [0, 0.05) is 30.9 Å². The maximum atomic E-state index is 12.7. The number of carbonyl (C=O) groups excluding carboxylic acids is 2. The normalized spacial score (nSPS) is 14.6. The lowest BCUT2D eigenvalue weighted by Gasteiger charge is -2.26. The van der Waals surface area contributed by atoms with Gasteiger partial charge in [-0.25, -0.2) is 13.2 Å². The number of nitro groups is 1. The van der Waals surface area contributed by atoms with Gasteiger partial charge in [-0.1, -0.05) is 12.1 Å². The molecule has 1 amide bonds. The van der Waals surface area contributed by atoms with Crippen LogP contribution in [0.5, 0.6) is 0 Å². The molecule has 3 rings (SSSR count). The first kappa shape index (κ1) is 22.3. The fourth-order valence-electron chi connectivity index (χ4n) is 2.83. The van der Waals surface area contributed by atoms with E-state index >= 15 is 0 Å². The van der Waals surface area contributed by atoms with Gasteiger partial charge >= 0.3 is 5.97 Å². The Morgan fingerprint density at radius 1 is 1.13 bits per heavy atom. The third-order valence-electron chi connectivity index (χ3n) is 4.35. The van der Waals surface area contributed by atoms with Crippen LogP contribution >= 0.6 is 0 Å². The Bertz CT molecular complexity index is 1100. The number of amides is 1. The quantitative estimate of drug-likeness (QED) is 0.379. The van der Waals surface area contributed by atoms with Gasteiger partial charge in [-0.2, -0.15) is 4.31 Å². The van der Waals surface area contributed by atoms with Gasteiger partial charge in [0.1, 0.15) is 0 Å². The molecule has 1 aliphatic heterocycles. The van der Waals surface area contributed by atoms with E-state index in [2.05, 4.69) is 5.32 Å².